The van der Waals surface area contributed by atoms with Crippen LogP contribution in [0.3, 0.4) is 0 Å². The lowest BCUT2D eigenvalue weighted by atomic mass is 9.86. The van der Waals surface area contributed by atoms with Crippen molar-refractivity contribution in [3.63, 3.8) is 0 Å². The van der Waals surface area contributed by atoms with Crippen LogP contribution >= 0.6 is 11.3 Å². The van der Waals surface area contributed by atoms with Crippen molar-refractivity contribution in [3.05, 3.63) is 11.1 Å². The first kappa shape index (κ1) is 14.3. The van der Waals surface area contributed by atoms with E-state index in [1.165, 1.54) is 17.8 Å². The van der Waals surface area contributed by atoms with Gasteiger partial charge in [0.15, 0.2) is 5.13 Å². The molecule has 0 spiro atoms. The number of hydrogen-bond donors (Lipinski definition) is 2. The van der Waals surface area contributed by atoms with E-state index in [2.05, 4.69) is 30.7 Å². The Bertz CT molecular complexity index is 462. The molecule has 0 bridgehead atoms. The summed E-state index contributed by atoms with van der Waals surface area (Å²) in [6, 6.07) is -0.601. The Morgan fingerprint density at radius 1 is 1.58 bits per heavy atom. The fourth-order valence-electron chi connectivity index (χ4n) is 2.65. The van der Waals surface area contributed by atoms with E-state index in [1.54, 1.807) is 5.38 Å². The molecule has 4 atom stereocenters. The second-order valence-corrected chi connectivity index (χ2v) is 6.42. The maximum absolute atomic E-state index is 10.9. The van der Waals surface area contributed by atoms with E-state index < -0.39 is 12.0 Å². The summed E-state index contributed by atoms with van der Waals surface area (Å²) in [7, 11) is 0. The summed E-state index contributed by atoms with van der Waals surface area (Å²) in [5.74, 6) is 0.209. The van der Waals surface area contributed by atoms with Gasteiger partial charge in [0, 0.05) is 18.0 Å². The number of aromatic nitrogens is 1. The second kappa shape index (κ2) is 5.46. The third-order valence-electron chi connectivity index (χ3n) is 3.94. The van der Waals surface area contributed by atoms with Gasteiger partial charge in [-0.15, -0.1) is 11.3 Å². The topological polar surface area (TPSA) is 79.5 Å². The van der Waals surface area contributed by atoms with Crippen molar-refractivity contribution in [3.8, 4) is 0 Å². The summed E-state index contributed by atoms with van der Waals surface area (Å²) in [5.41, 5.74) is 6.05. The molecule has 0 aromatic carbocycles. The van der Waals surface area contributed by atoms with Crippen LogP contribution in [-0.4, -0.2) is 28.6 Å². The number of thiazole rings is 1. The van der Waals surface area contributed by atoms with Gasteiger partial charge >= 0.3 is 5.97 Å². The molecule has 1 fully saturated rings. The van der Waals surface area contributed by atoms with Crippen molar-refractivity contribution in [1.29, 1.82) is 0 Å². The van der Waals surface area contributed by atoms with E-state index in [-0.39, 0.29) is 0 Å². The number of rotatable bonds is 3. The number of piperidine rings is 1. The van der Waals surface area contributed by atoms with Gasteiger partial charge in [-0.3, -0.25) is 4.79 Å². The van der Waals surface area contributed by atoms with E-state index in [4.69, 9.17) is 10.8 Å². The molecule has 3 N–H and O–H groups in total. The second-order valence-electron chi connectivity index (χ2n) is 5.58. The zero-order valence-corrected chi connectivity index (χ0v) is 12.4. The predicted molar refractivity (Wildman–Crippen MR) is 76.4 cm³/mol. The predicted octanol–water partition coefficient (Wildman–Crippen LogP) is 2.10. The smallest absolute Gasteiger partial charge is 0.326 e. The number of carboxylic acids is 1. The van der Waals surface area contributed by atoms with Crippen LogP contribution in [0.25, 0.3) is 0 Å². The van der Waals surface area contributed by atoms with Crippen molar-refractivity contribution in [2.24, 2.45) is 17.6 Å². The van der Waals surface area contributed by atoms with Gasteiger partial charge in [0.25, 0.3) is 0 Å². The maximum atomic E-state index is 10.9. The van der Waals surface area contributed by atoms with Crippen LogP contribution in [0.15, 0.2) is 5.38 Å². The number of nitrogens with two attached hydrogens (primary N) is 1. The molecule has 4 unspecified atom stereocenters. The number of carbonyl (C=O) groups is 1. The lowest BCUT2D eigenvalue weighted by molar-refractivity contribution is -0.138. The van der Waals surface area contributed by atoms with Crippen LogP contribution in [0, 0.1) is 11.8 Å². The quantitative estimate of drug-likeness (QED) is 0.888. The van der Waals surface area contributed by atoms with E-state index in [9.17, 15) is 4.79 Å². The number of anilines is 1. The van der Waals surface area contributed by atoms with Gasteiger partial charge in [0.1, 0.15) is 6.04 Å². The fraction of sp³-hybridized carbons (Fsp3) is 0.692. The highest BCUT2D eigenvalue weighted by Gasteiger charge is 2.31. The van der Waals surface area contributed by atoms with Crippen LogP contribution in [0.4, 0.5) is 5.13 Å². The number of aliphatic carboxylic acids is 1. The summed E-state index contributed by atoms with van der Waals surface area (Å²) < 4.78 is 0. The molecule has 2 rings (SSSR count). The summed E-state index contributed by atoms with van der Waals surface area (Å²) in [4.78, 5) is 17.6. The van der Waals surface area contributed by atoms with Crippen molar-refractivity contribution < 1.29 is 9.90 Å². The Morgan fingerprint density at radius 3 is 2.89 bits per heavy atom. The van der Waals surface area contributed by atoms with Crippen LogP contribution < -0.4 is 10.6 Å². The van der Waals surface area contributed by atoms with Crippen LogP contribution in [0.5, 0.6) is 0 Å². The van der Waals surface area contributed by atoms with Crippen LogP contribution in [0.2, 0.25) is 0 Å². The van der Waals surface area contributed by atoms with Gasteiger partial charge < -0.3 is 15.7 Å². The zero-order valence-electron chi connectivity index (χ0n) is 11.5. The largest absolute Gasteiger partial charge is 0.480 e. The molecular formula is C13H21N3O2S. The first-order chi connectivity index (χ1) is 8.90. The van der Waals surface area contributed by atoms with Crippen LogP contribution in [0.1, 0.15) is 38.9 Å². The van der Waals surface area contributed by atoms with Gasteiger partial charge in [-0.25, -0.2) is 4.98 Å². The van der Waals surface area contributed by atoms with E-state index in [1.807, 2.05) is 0 Å². The minimum absolute atomic E-state index is 0.427. The Morgan fingerprint density at radius 2 is 2.26 bits per heavy atom. The van der Waals surface area contributed by atoms with E-state index >= 15 is 0 Å². The molecule has 19 heavy (non-hydrogen) atoms. The molecule has 106 valence electrons. The molecule has 6 heteroatoms. The summed E-state index contributed by atoms with van der Waals surface area (Å²) in [5, 5.41) is 11.6. The molecule has 0 saturated carbocycles. The minimum Gasteiger partial charge on any atom is -0.480 e. The first-order valence-electron chi connectivity index (χ1n) is 6.60. The van der Waals surface area contributed by atoms with Crippen molar-refractivity contribution in [1.82, 2.24) is 4.98 Å². The average molecular weight is 283 g/mol. The van der Waals surface area contributed by atoms with Crippen molar-refractivity contribution >= 4 is 22.4 Å². The standard InChI is InChI=1S/C13H21N3O2S/c1-7-4-8(2)9(3)16(5-7)13-15-10(6-19-13)11(14)12(17)18/h6-9,11H,4-5,14H2,1-3H3,(H,17,18). The normalized spacial score (nSPS) is 29.3. The average Bonchev–Trinajstić information content (AvgIpc) is 2.81. The highest BCUT2D eigenvalue weighted by molar-refractivity contribution is 7.13. The maximum Gasteiger partial charge on any atom is 0.326 e. The minimum atomic E-state index is -1.04. The molecule has 1 saturated heterocycles. The lowest BCUT2D eigenvalue weighted by Crippen LogP contribution is -2.45. The number of hydrogen-bond acceptors (Lipinski definition) is 5. The summed E-state index contributed by atoms with van der Waals surface area (Å²) >= 11 is 1.48. The molecule has 2 heterocycles. The van der Waals surface area contributed by atoms with E-state index in [0.29, 0.717) is 23.6 Å². The Kier molecular flexibility index (Phi) is 4.10. The SMILES string of the molecule is CC1CC(C)C(C)N(c2nc(C(N)C(=O)O)cs2)C1. The molecule has 1 aromatic heterocycles. The lowest BCUT2D eigenvalue weighted by Gasteiger charge is -2.41. The Balaban J connectivity index is 2.19. The highest BCUT2D eigenvalue weighted by Crippen LogP contribution is 2.33. The molecule has 0 radical (unpaired) electrons. The van der Waals surface area contributed by atoms with Crippen LogP contribution in [-0.2, 0) is 4.79 Å². The molecule has 1 aromatic rings. The highest BCUT2D eigenvalue weighted by atomic mass is 32.1. The first-order valence-corrected chi connectivity index (χ1v) is 7.48. The zero-order chi connectivity index (χ0) is 14.2. The third kappa shape index (κ3) is 2.90. The molecule has 1 aliphatic rings. The summed E-state index contributed by atoms with van der Waals surface area (Å²) in [6.45, 7) is 7.67. The number of nitrogens with zero attached hydrogens (tertiary/aromatic N) is 2. The molecule has 5 nitrogen and oxygen atoms in total. The number of carboxylic acid groups (broad SMARTS) is 1. The third-order valence-corrected chi connectivity index (χ3v) is 4.83. The van der Waals surface area contributed by atoms with Crippen molar-refractivity contribution in [2.45, 2.75) is 39.3 Å². The molecule has 0 amide bonds. The molecule has 0 aliphatic carbocycles. The molecule has 1 aliphatic heterocycles. The van der Waals surface area contributed by atoms with Crippen molar-refractivity contribution in [2.75, 3.05) is 11.4 Å². The van der Waals surface area contributed by atoms with Gasteiger partial charge in [-0.2, -0.15) is 0 Å². The van der Waals surface area contributed by atoms with Gasteiger partial charge in [-0.1, -0.05) is 13.8 Å². The van der Waals surface area contributed by atoms with Gasteiger partial charge in [-0.05, 0) is 25.2 Å². The monoisotopic (exact) mass is 283 g/mol. The molecular weight excluding hydrogens is 262 g/mol. The van der Waals surface area contributed by atoms with E-state index in [0.717, 1.165) is 11.7 Å². The van der Waals surface area contributed by atoms with Gasteiger partial charge in [0.05, 0.1) is 5.69 Å². The Hall–Kier alpha value is -1.14. The van der Waals surface area contributed by atoms with Gasteiger partial charge in [0.2, 0.25) is 0 Å². The Labute approximate surface area is 117 Å². The fourth-order valence-corrected chi connectivity index (χ4v) is 3.60. The summed E-state index contributed by atoms with van der Waals surface area (Å²) in [6.07, 6.45) is 1.23.